The SMILES string of the molecule is COCCn1c(=NC(=O)CCCS(=O)(=O)c2ccc(OC)cc2)sc2c(C)cc(C)cc21. The van der Waals surface area contributed by atoms with Crippen molar-refractivity contribution in [2.24, 2.45) is 4.99 Å². The molecule has 0 radical (unpaired) electrons. The van der Waals surface area contributed by atoms with Crippen molar-refractivity contribution in [3.8, 4) is 5.75 Å². The van der Waals surface area contributed by atoms with Crippen LogP contribution >= 0.6 is 11.3 Å². The lowest BCUT2D eigenvalue weighted by molar-refractivity contribution is -0.118. The quantitative estimate of drug-likeness (QED) is 0.470. The average Bonchev–Trinajstić information content (AvgIpc) is 3.09. The smallest absolute Gasteiger partial charge is 0.248 e. The normalized spacial score (nSPS) is 12.4. The van der Waals surface area contributed by atoms with E-state index in [-0.39, 0.29) is 29.4 Å². The van der Waals surface area contributed by atoms with E-state index in [0.717, 1.165) is 21.3 Å². The van der Waals surface area contributed by atoms with E-state index in [1.165, 1.54) is 30.6 Å². The predicted octanol–water partition coefficient (Wildman–Crippen LogP) is 3.66. The van der Waals surface area contributed by atoms with Gasteiger partial charge in [0, 0.05) is 20.1 Å². The molecular weight excluding hydrogens is 448 g/mol. The van der Waals surface area contributed by atoms with Crippen molar-refractivity contribution in [2.45, 2.75) is 38.1 Å². The Morgan fingerprint density at radius 3 is 2.50 bits per heavy atom. The highest BCUT2D eigenvalue weighted by Gasteiger charge is 2.16. The summed E-state index contributed by atoms with van der Waals surface area (Å²) in [5.41, 5.74) is 3.30. The number of methoxy groups -OCH3 is 2. The summed E-state index contributed by atoms with van der Waals surface area (Å²) in [6.07, 6.45) is 0.268. The number of ether oxygens (including phenoxy) is 2. The van der Waals surface area contributed by atoms with Gasteiger partial charge in [0.2, 0.25) is 5.91 Å². The highest BCUT2D eigenvalue weighted by molar-refractivity contribution is 7.91. The summed E-state index contributed by atoms with van der Waals surface area (Å²) in [6.45, 7) is 5.16. The number of benzene rings is 2. The molecule has 2 aromatic carbocycles. The third-order valence-electron chi connectivity index (χ3n) is 5.08. The van der Waals surface area contributed by atoms with Gasteiger partial charge in [-0.25, -0.2) is 8.42 Å². The van der Waals surface area contributed by atoms with Gasteiger partial charge in [0.1, 0.15) is 5.75 Å². The lowest BCUT2D eigenvalue weighted by atomic mass is 10.1. The van der Waals surface area contributed by atoms with Crippen LogP contribution in [0.25, 0.3) is 10.2 Å². The Labute approximate surface area is 192 Å². The molecule has 32 heavy (non-hydrogen) atoms. The molecule has 0 bridgehead atoms. The van der Waals surface area contributed by atoms with E-state index in [1.54, 1.807) is 19.2 Å². The second-order valence-electron chi connectivity index (χ2n) is 7.56. The van der Waals surface area contributed by atoms with Crippen LogP contribution in [0.3, 0.4) is 0 Å². The first kappa shape index (κ1) is 24.2. The van der Waals surface area contributed by atoms with Gasteiger partial charge < -0.3 is 14.0 Å². The van der Waals surface area contributed by atoms with E-state index >= 15 is 0 Å². The van der Waals surface area contributed by atoms with Crippen LogP contribution in [0, 0.1) is 13.8 Å². The van der Waals surface area contributed by atoms with Crippen molar-refractivity contribution in [1.29, 1.82) is 0 Å². The fourth-order valence-corrected chi connectivity index (χ4v) is 5.91. The van der Waals surface area contributed by atoms with E-state index in [4.69, 9.17) is 9.47 Å². The second-order valence-corrected chi connectivity index (χ2v) is 10.6. The zero-order valence-electron chi connectivity index (χ0n) is 18.8. The van der Waals surface area contributed by atoms with Crippen molar-refractivity contribution in [3.05, 3.63) is 52.3 Å². The topological polar surface area (TPSA) is 87.0 Å². The molecule has 3 rings (SSSR count). The Morgan fingerprint density at radius 1 is 1.12 bits per heavy atom. The maximum atomic E-state index is 12.6. The van der Waals surface area contributed by atoms with Gasteiger partial charge in [-0.1, -0.05) is 17.4 Å². The average molecular weight is 477 g/mol. The number of hydrogen-bond acceptors (Lipinski definition) is 6. The summed E-state index contributed by atoms with van der Waals surface area (Å²) < 4.78 is 38.4. The van der Waals surface area contributed by atoms with E-state index in [2.05, 4.69) is 17.1 Å². The molecule has 0 atom stereocenters. The Balaban J connectivity index is 1.76. The molecule has 0 saturated carbocycles. The maximum Gasteiger partial charge on any atom is 0.248 e. The fourth-order valence-electron chi connectivity index (χ4n) is 3.47. The number of hydrogen-bond donors (Lipinski definition) is 0. The molecule has 1 amide bonds. The van der Waals surface area contributed by atoms with E-state index in [0.29, 0.717) is 23.7 Å². The molecule has 1 heterocycles. The van der Waals surface area contributed by atoms with Crippen LogP contribution in [0.4, 0.5) is 0 Å². The van der Waals surface area contributed by atoms with Gasteiger partial charge in [-0.15, -0.1) is 0 Å². The first-order valence-electron chi connectivity index (χ1n) is 10.3. The molecule has 0 aliphatic rings. The van der Waals surface area contributed by atoms with E-state index in [9.17, 15) is 13.2 Å². The molecule has 1 aromatic heterocycles. The molecule has 7 nitrogen and oxygen atoms in total. The molecule has 0 saturated heterocycles. The van der Waals surface area contributed by atoms with Crippen LogP contribution in [0.5, 0.6) is 5.75 Å². The number of thiazole rings is 1. The minimum atomic E-state index is -3.47. The van der Waals surface area contributed by atoms with Crippen LogP contribution in [-0.4, -0.2) is 45.5 Å². The molecule has 0 N–H and O–H groups in total. The summed E-state index contributed by atoms with van der Waals surface area (Å²) in [7, 11) is -0.313. The Kier molecular flexibility index (Phi) is 7.86. The van der Waals surface area contributed by atoms with Crippen molar-refractivity contribution in [3.63, 3.8) is 0 Å². The van der Waals surface area contributed by atoms with Gasteiger partial charge in [-0.3, -0.25) is 4.79 Å². The predicted molar refractivity (Wildman–Crippen MR) is 126 cm³/mol. The molecule has 0 unspecified atom stereocenters. The largest absolute Gasteiger partial charge is 0.497 e. The summed E-state index contributed by atoms with van der Waals surface area (Å²) in [4.78, 5) is 17.7. The van der Waals surface area contributed by atoms with Gasteiger partial charge in [0.05, 0.1) is 34.6 Å². The zero-order chi connectivity index (χ0) is 23.3. The summed E-state index contributed by atoms with van der Waals surface area (Å²) in [5.74, 6) is 0.144. The molecular formula is C23H28N2O5S2. The minimum absolute atomic E-state index is 0.0614. The van der Waals surface area contributed by atoms with Crippen molar-refractivity contribution < 1.29 is 22.7 Å². The number of aryl methyl sites for hydroxylation is 2. The lowest BCUT2D eigenvalue weighted by Crippen LogP contribution is -2.19. The fraction of sp³-hybridized carbons (Fsp3) is 0.391. The Bertz CT molecular complexity index is 1270. The van der Waals surface area contributed by atoms with Crippen molar-refractivity contribution in [1.82, 2.24) is 4.57 Å². The minimum Gasteiger partial charge on any atom is -0.497 e. The molecule has 172 valence electrons. The lowest BCUT2D eigenvalue weighted by Gasteiger charge is -2.06. The highest BCUT2D eigenvalue weighted by Crippen LogP contribution is 2.23. The van der Waals surface area contributed by atoms with Gasteiger partial charge >= 0.3 is 0 Å². The van der Waals surface area contributed by atoms with Crippen LogP contribution in [0.15, 0.2) is 46.3 Å². The first-order chi connectivity index (χ1) is 15.2. The number of nitrogens with zero attached hydrogens (tertiary/aromatic N) is 2. The highest BCUT2D eigenvalue weighted by atomic mass is 32.2. The first-order valence-corrected chi connectivity index (χ1v) is 12.8. The van der Waals surface area contributed by atoms with Crippen LogP contribution < -0.4 is 9.54 Å². The molecule has 9 heteroatoms. The third-order valence-corrected chi connectivity index (χ3v) is 8.12. The Morgan fingerprint density at radius 2 is 1.84 bits per heavy atom. The molecule has 3 aromatic rings. The molecule has 0 aliphatic carbocycles. The molecule has 0 aliphatic heterocycles. The number of sulfone groups is 1. The number of carbonyl (C=O) groups excluding carboxylic acids is 1. The van der Waals surface area contributed by atoms with Gasteiger partial charge in [0.25, 0.3) is 0 Å². The van der Waals surface area contributed by atoms with Crippen LogP contribution in [-0.2, 0) is 25.9 Å². The summed E-state index contributed by atoms with van der Waals surface area (Å²) in [5, 5.41) is 0. The number of carbonyl (C=O) groups is 1. The standard InChI is InChI=1S/C23H28N2O5S2/c1-16-14-17(2)22-20(15-16)25(11-12-29-3)23(31-22)24-21(26)6-5-13-32(27,28)19-9-7-18(30-4)8-10-19/h7-10,14-15H,5-6,11-13H2,1-4H3. The van der Waals surface area contributed by atoms with E-state index in [1.807, 2.05) is 18.4 Å². The van der Waals surface area contributed by atoms with Crippen molar-refractivity contribution in [2.75, 3.05) is 26.6 Å². The Hall–Kier alpha value is -2.49. The van der Waals surface area contributed by atoms with Gasteiger partial charge in [0.15, 0.2) is 14.6 Å². The summed E-state index contributed by atoms with van der Waals surface area (Å²) in [6, 6.07) is 10.4. The van der Waals surface area contributed by atoms with Gasteiger partial charge in [-0.2, -0.15) is 4.99 Å². The number of fused-ring (bicyclic) bond motifs is 1. The second kappa shape index (κ2) is 10.4. The molecule has 0 fully saturated rings. The number of amides is 1. The van der Waals surface area contributed by atoms with Crippen molar-refractivity contribution >= 4 is 37.3 Å². The summed E-state index contributed by atoms with van der Waals surface area (Å²) >= 11 is 1.47. The van der Waals surface area contributed by atoms with Crippen LogP contribution in [0.2, 0.25) is 0 Å². The molecule has 0 spiro atoms. The third kappa shape index (κ3) is 5.65. The zero-order valence-corrected chi connectivity index (χ0v) is 20.4. The maximum absolute atomic E-state index is 12.6. The van der Waals surface area contributed by atoms with E-state index < -0.39 is 9.84 Å². The number of rotatable bonds is 9. The monoisotopic (exact) mass is 476 g/mol. The number of aromatic nitrogens is 1. The van der Waals surface area contributed by atoms with Gasteiger partial charge in [-0.05, 0) is 61.7 Å². The van der Waals surface area contributed by atoms with Crippen LogP contribution in [0.1, 0.15) is 24.0 Å².